The number of rotatable bonds is 5. The molecule has 0 radical (unpaired) electrons. The first-order chi connectivity index (χ1) is 13.3. The van der Waals surface area contributed by atoms with Gasteiger partial charge in [-0.3, -0.25) is 5.10 Å². The van der Waals surface area contributed by atoms with E-state index in [-0.39, 0.29) is 5.75 Å². The zero-order chi connectivity index (χ0) is 18.6. The second-order valence-electron chi connectivity index (χ2n) is 6.71. The molecule has 4 aromatic rings. The smallest absolute Gasteiger partial charge is 0.123 e. The number of nitrogens with one attached hydrogen (secondary N) is 1. The molecule has 3 nitrogen and oxygen atoms in total. The van der Waals surface area contributed by atoms with Gasteiger partial charge in [-0.2, -0.15) is 5.10 Å². The average Bonchev–Trinajstić information content (AvgIpc) is 3.24. The van der Waals surface area contributed by atoms with Crippen LogP contribution in [0.5, 0.6) is 5.75 Å². The van der Waals surface area contributed by atoms with Crippen molar-refractivity contribution in [3.8, 4) is 39.1 Å². The van der Waals surface area contributed by atoms with Crippen LogP contribution in [-0.2, 0) is 6.42 Å². The van der Waals surface area contributed by atoms with Crippen molar-refractivity contribution in [2.24, 2.45) is 0 Å². The number of aryl methyl sites for hydroxylation is 1. The van der Waals surface area contributed by atoms with Crippen LogP contribution in [0.2, 0.25) is 0 Å². The molecule has 1 heterocycles. The molecule has 3 heteroatoms. The van der Waals surface area contributed by atoms with Gasteiger partial charge in [-0.15, -0.1) is 0 Å². The van der Waals surface area contributed by atoms with Crippen LogP contribution in [0.4, 0.5) is 0 Å². The number of benzene rings is 3. The lowest BCUT2D eigenvalue weighted by Crippen LogP contribution is -1.90. The maximum atomic E-state index is 10.3. The van der Waals surface area contributed by atoms with Crippen LogP contribution in [0, 0.1) is 0 Å². The van der Waals surface area contributed by atoms with E-state index in [1.165, 1.54) is 22.3 Å². The molecule has 0 bridgehead atoms. The molecule has 0 spiro atoms. The van der Waals surface area contributed by atoms with Crippen molar-refractivity contribution in [2.45, 2.75) is 19.8 Å². The molecule has 0 saturated carbocycles. The zero-order valence-electron chi connectivity index (χ0n) is 15.3. The van der Waals surface area contributed by atoms with Crippen LogP contribution in [0.25, 0.3) is 33.4 Å². The monoisotopic (exact) mass is 354 g/mol. The Balaban J connectivity index is 1.89. The summed E-state index contributed by atoms with van der Waals surface area (Å²) < 4.78 is 0. The summed E-state index contributed by atoms with van der Waals surface area (Å²) in [6, 6.07) is 22.9. The lowest BCUT2D eigenvalue weighted by atomic mass is 9.90. The Morgan fingerprint density at radius 2 is 1.67 bits per heavy atom. The van der Waals surface area contributed by atoms with E-state index in [9.17, 15) is 5.11 Å². The lowest BCUT2D eigenvalue weighted by molar-refractivity contribution is 0.477. The zero-order valence-corrected chi connectivity index (χ0v) is 15.3. The normalized spacial score (nSPS) is 10.9. The third kappa shape index (κ3) is 3.49. The fourth-order valence-electron chi connectivity index (χ4n) is 3.48. The number of hydrogen-bond donors (Lipinski definition) is 2. The van der Waals surface area contributed by atoms with Gasteiger partial charge in [-0.25, -0.2) is 0 Å². The first-order valence-corrected chi connectivity index (χ1v) is 9.27. The summed E-state index contributed by atoms with van der Waals surface area (Å²) in [5.41, 5.74) is 7.62. The van der Waals surface area contributed by atoms with Crippen molar-refractivity contribution in [3.63, 3.8) is 0 Å². The molecule has 2 N–H and O–H groups in total. The van der Waals surface area contributed by atoms with Gasteiger partial charge in [-0.05, 0) is 46.4 Å². The summed E-state index contributed by atoms with van der Waals surface area (Å²) in [5.74, 6) is 0.256. The standard InChI is InChI=1S/C24H22N2O/c1-2-6-17-9-11-21(18-7-4-3-5-8-18)22(13-17)19-10-12-24(27)23(14-19)20-15-25-26-16-20/h3-5,7-16,27H,2,6H2,1H3,(H,25,26). The molecule has 4 rings (SSSR count). The Labute approximate surface area is 159 Å². The predicted octanol–water partition coefficient (Wildman–Crippen LogP) is 6.07. The molecule has 0 fully saturated rings. The summed E-state index contributed by atoms with van der Waals surface area (Å²) in [7, 11) is 0. The molecule has 1 aromatic heterocycles. The van der Waals surface area contributed by atoms with E-state index in [1.54, 1.807) is 18.5 Å². The second kappa shape index (κ2) is 7.50. The van der Waals surface area contributed by atoms with Gasteiger partial charge in [0.25, 0.3) is 0 Å². The molecular formula is C24H22N2O. The summed E-state index contributed by atoms with van der Waals surface area (Å²) in [4.78, 5) is 0. The van der Waals surface area contributed by atoms with E-state index in [4.69, 9.17) is 0 Å². The molecule has 0 amide bonds. The highest BCUT2D eigenvalue weighted by Gasteiger charge is 2.12. The van der Waals surface area contributed by atoms with Crippen molar-refractivity contribution >= 4 is 0 Å². The van der Waals surface area contributed by atoms with Crippen LogP contribution >= 0.6 is 0 Å². The fourth-order valence-corrected chi connectivity index (χ4v) is 3.48. The SMILES string of the molecule is CCCc1ccc(-c2ccccc2)c(-c2ccc(O)c(-c3cn[nH]c3)c2)c1. The molecule has 0 aliphatic heterocycles. The van der Waals surface area contributed by atoms with Crippen molar-refractivity contribution in [2.75, 3.05) is 0 Å². The molecule has 0 aliphatic carbocycles. The van der Waals surface area contributed by atoms with Gasteiger partial charge in [0.15, 0.2) is 0 Å². The first-order valence-electron chi connectivity index (χ1n) is 9.27. The highest BCUT2D eigenvalue weighted by molar-refractivity contribution is 5.86. The molecule has 0 unspecified atom stereocenters. The fraction of sp³-hybridized carbons (Fsp3) is 0.125. The number of aromatic hydroxyl groups is 1. The second-order valence-corrected chi connectivity index (χ2v) is 6.71. The first kappa shape index (κ1) is 17.1. The largest absolute Gasteiger partial charge is 0.507 e. The summed E-state index contributed by atoms with van der Waals surface area (Å²) in [5, 5.41) is 17.2. The van der Waals surface area contributed by atoms with Crippen LogP contribution in [0.15, 0.2) is 79.1 Å². The quantitative estimate of drug-likeness (QED) is 0.457. The van der Waals surface area contributed by atoms with E-state index in [0.717, 1.165) is 29.5 Å². The van der Waals surface area contributed by atoms with Gasteiger partial charge in [0.2, 0.25) is 0 Å². The van der Waals surface area contributed by atoms with Crippen LogP contribution < -0.4 is 0 Å². The molecule has 0 saturated heterocycles. The molecule has 3 aromatic carbocycles. The van der Waals surface area contributed by atoms with Gasteiger partial charge >= 0.3 is 0 Å². The summed E-state index contributed by atoms with van der Waals surface area (Å²) in [6.45, 7) is 2.20. The molecular weight excluding hydrogens is 332 g/mol. The van der Waals surface area contributed by atoms with E-state index in [0.29, 0.717) is 0 Å². The van der Waals surface area contributed by atoms with E-state index >= 15 is 0 Å². The van der Waals surface area contributed by atoms with Gasteiger partial charge in [0.1, 0.15) is 5.75 Å². The third-order valence-corrected chi connectivity index (χ3v) is 4.82. The van der Waals surface area contributed by atoms with E-state index in [1.807, 2.05) is 18.2 Å². The maximum Gasteiger partial charge on any atom is 0.123 e. The average molecular weight is 354 g/mol. The van der Waals surface area contributed by atoms with E-state index < -0.39 is 0 Å². The van der Waals surface area contributed by atoms with Crippen molar-refractivity contribution in [1.29, 1.82) is 0 Å². The molecule has 0 aliphatic rings. The minimum Gasteiger partial charge on any atom is -0.507 e. The Morgan fingerprint density at radius 1 is 0.815 bits per heavy atom. The van der Waals surface area contributed by atoms with Gasteiger partial charge in [0.05, 0.1) is 6.20 Å². The van der Waals surface area contributed by atoms with E-state index in [2.05, 4.69) is 59.6 Å². The number of phenolic OH excluding ortho intramolecular Hbond substituents is 1. The highest BCUT2D eigenvalue weighted by Crippen LogP contribution is 2.38. The molecule has 27 heavy (non-hydrogen) atoms. The number of H-pyrrole nitrogens is 1. The van der Waals surface area contributed by atoms with Crippen molar-refractivity contribution in [1.82, 2.24) is 10.2 Å². The minimum absolute atomic E-state index is 0.256. The number of hydrogen-bond acceptors (Lipinski definition) is 2. The summed E-state index contributed by atoms with van der Waals surface area (Å²) >= 11 is 0. The summed E-state index contributed by atoms with van der Waals surface area (Å²) in [6.07, 6.45) is 5.68. The van der Waals surface area contributed by atoms with Gasteiger partial charge in [-0.1, -0.05) is 67.9 Å². The van der Waals surface area contributed by atoms with Gasteiger partial charge in [0, 0.05) is 17.3 Å². The highest BCUT2D eigenvalue weighted by atomic mass is 16.3. The number of nitrogens with zero attached hydrogens (tertiary/aromatic N) is 1. The topological polar surface area (TPSA) is 48.9 Å². The predicted molar refractivity (Wildman–Crippen MR) is 111 cm³/mol. The van der Waals surface area contributed by atoms with Crippen LogP contribution in [0.1, 0.15) is 18.9 Å². The number of phenols is 1. The number of aromatic nitrogens is 2. The Hall–Kier alpha value is -3.33. The Morgan fingerprint density at radius 3 is 2.41 bits per heavy atom. The van der Waals surface area contributed by atoms with Crippen LogP contribution in [-0.4, -0.2) is 15.3 Å². The number of aromatic amines is 1. The van der Waals surface area contributed by atoms with Crippen molar-refractivity contribution in [3.05, 3.63) is 84.7 Å². The Bertz CT molecular complexity index is 1040. The third-order valence-electron chi connectivity index (χ3n) is 4.82. The molecule has 0 atom stereocenters. The Kier molecular flexibility index (Phi) is 4.75. The maximum absolute atomic E-state index is 10.3. The lowest BCUT2D eigenvalue weighted by Gasteiger charge is -2.14. The van der Waals surface area contributed by atoms with Gasteiger partial charge < -0.3 is 5.11 Å². The van der Waals surface area contributed by atoms with Crippen LogP contribution in [0.3, 0.4) is 0 Å². The van der Waals surface area contributed by atoms with Crippen molar-refractivity contribution < 1.29 is 5.11 Å². The molecule has 134 valence electrons. The minimum atomic E-state index is 0.256.